The number of nitrogens with zero attached hydrogens (tertiary/aromatic N) is 4. The zero-order valence-corrected chi connectivity index (χ0v) is 11.0. The summed E-state index contributed by atoms with van der Waals surface area (Å²) >= 11 is 5.83. The molecular weight excluding hydrogens is 256 g/mol. The SMILES string of the molecule is CC(C)N(C)c1c(C(=O)O)cnn2cc(Cl)nc12. The lowest BCUT2D eigenvalue weighted by atomic mass is 10.2. The fraction of sp³-hybridized carbons (Fsp3) is 0.364. The standard InChI is InChI=1S/C11H13ClN4O2/c1-6(2)15(3)9-7(11(17)18)4-13-16-5-8(12)14-10(9)16/h4-6H,1-3H3,(H,17,18). The molecule has 0 amide bonds. The molecule has 0 aliphatic rings. The van der Waals surface area contributed by atoms with Crippen LogP contribution in [0.5, 0.6) is 0 Å². The summed E-state index contributed by atoms with van der Waals surface area (Å²) in [5, 5.41) is 13.5. The number of carboxylic acids is 1. The van der Waals surface area contributed by atoms with Gasteiger partial charge in [0.05, 0.1) is 18.1 Å². The van der Waals surface area contributed by atoms with Gasteiger partial charge < -0.3 is 10.0 Å². The van der Waals surface area contributed by atoms with Gasteiger partial charge in [0.1, 0.15) is 10.7 Å². The Morgan fingerprint density at radius 1 is 1.56 bits per heavy atom. The van der Waals surface area contributed by atoms with Crippen molar-refractivity contribution in [1.82, 2.24) is 14.6 Å². The molecule has 0 saturated heterocycles. The van der Waals surface area contributed by atoms with E-state index >= 15 is 0 Å². The first-order valence-corrected chi connectivity index (χ1v) is 5.79. The molecule has 0 aliphatic heterocycles. The molecule has 7 heteroatoms. The third-order valence-electron chi connectivity index (χ3n) is 2.79. The quantitative estimate of drug-likeness (QED) is 0.921. The van der Waals surface area contributed by atoms with Crippen LogP contribution < -0.4 is 4.90 Å². The lowest BCUT2D eigenvalue weighted by Crippen LogP contribution is -2.28. The van der Waals surface area contributed by atoms with E-state index in [9.17, 15) is 9.90 Å². The van der Waals surface area contributed by atoms with Gasteiger partial charge in [-0.05, 0) is 13.8 Å². The summed E-state index contributed by atoms with van der Waals surface area (Å²) in [6.07, 6.45) is 2.85. The minimum Gasteiger partial charge on any atom is -0.478 e. The predicted molar refractivity (Wildman–Crippen MR) is 68.5 cm³/mol. The maximum Gasteiger partial charge on any atom is 0.339 e. The molecular formula is C11H13ClN4O2. The highest BCUT2D eigenvalue weighted by Gasteiger charge is 2.21. The zero-order chi connectivity index (χ0) is 13.4. The average molecular weight is 269 g/mol. The monoisotopic (exact) mass is 268 g/mol. The highest BCUT2D eigenvalue weighted by Crippen LogP contribution is 2.26. The maximum atomic E-state index is 11.3. The molecule has 2 rings (SSSR count). The summed E-state index contributed by atoms with van der Waals surface area (Å²) in [7, 11) is 1.81. The maximum absolute atomic E-state index is 11.3. The van der Waals surface area contributed by atoms with Crippen LogP contribution in [0.4, 0.5) is 5.69 Å². The minimum absolute atomic E-state index is 0.112. The van der Waals surface area contributed by atoms with Crippen LogP contribution in [0.3, 0.4) is 0 Å². The molecule has 0 spiro atoms. The van der Waals surface area contributed by atoms with E-state index in [0.29, 0.717) is 11.3 Å². The number of carboxylic acid groups (broad SMARTS) is 1. The number of halogens is 1. The lowest BCUT2D eigenvalue weighted by Gasteiger charge is -2.25. The summed E-state index contributed by atoms with van der Waals surface area (Å²) in [5.74, 6) is -1.04. The topological polar surface area (TPSA) is 70.7 Å². The van der Waals surface area contributed by atoms with Gasteiger partial charge in [0.15, 0.2) is 5.65 Å². The second-order valence-electron chi connectivity index (χ2n) is 4.25. The van der Waals surface area contributed by atoms with E-state index in [-0.39, 0.29) is 16.8 Å². The number of fused-ring (bicyclic) bond motifs is 1. The molecule has 0 atom stereocenters. The van der Waals surface area contributed by atoms with E-state index in [2.05, 4.69) is 10.1 Å². The minimum atomic E-state index is -1.04. The van der Waals surface area contributed by atoms with Crippen LogP contribution in [0.25, 0.3) is 5.65 Å². The van der Waals surface area contributed by atoms with Gasteiger partial charge in [-0.3, -0.25) is 0 Å². The van der Waals surface area contributed by atoms with Crippen LogP contribution in [-0.2, 0) is 0 Å². The molecule has 0 radical (unpaired) electrons. The summed E-state index contributed by atoms with van der Waals surface area (Å²) in [6, 6.07) is 0.129. The molecule has 2 heterocycles. The Labute approximate surface area is 109 Å². The Morgan fingerprint density at radius 2 is 2.22 bits per heavy atom. The number of imidazole rings is 1. The Kier molecular flexibility index (Phi) is 3.13. The third-order valence-corrected chi connectivity index (χ3v) is 2.98. The van der Waals surface area contributed by atoms with E-state index < -0.39 is 5.97 Å². The number of aromatic carboxylic acids is 1. The van der Waals surface area contributed by atoms with Crippen molar-refractivity contribution < 1.29 is 9.90 Å². The molecule has 18 heavy (non-hydrogen) atoms. The molecule has 0 aromatic carbocycles. The second kappa shape index (κ2) is 4.45. The van der Waals surface area contributed by atoms with Crippen molar-refractivity contribution in [3.8, 4) is 0 Å². The smallest absolute Gasteiger partial charge is 0.339 e. The van der Waals surface area contributed by atoms with Crippen LogP contribution in [0, 0.1) is 0 Å². The van der Waals surface area contributed by atoms with Gasteiger partial charge in [0, 0.05) is 13.1 Å². The Morgan fingerprint density at radius 3 is 2.78 bits per heavy atom. The first kappa shape index (κ1) is 12.6. The molecule has 2 aromatic heterocycles. The number of carbonyl (C=O) groups is 1. The van der Waals surface area contributed by atoms with Crippen molar-refractivity contribution >= 4 is 28.9 Å². The number of anilines is 1. The third kappa shape index (κ3) is 1.99. The van der Waals surface area contributed by atoms with Gasteiger partial charge in [-0.1, -0.05) is 11.6 Å². The van der Waals surface area contributed by atoms with Crippen LogP contribution in [-0.4, -0.2) is 38.8 Å². The Hall–Kier alpha value is -1.82. The Bertz CT molecular complexity index is 608. The van der Waals surface area contributed by atoms with Crippen molar-refractivity contribution in [3.63, 3.8) is 0 Å². The molecule has 2 aromatic rings. The normalized spacial score (nSPS) is 11.2. The number of hydrogen-bond donors (Lipinski definition) is 1. The summed E-state index contributed by atoms with van der Waals surface area (Å²) in [5.41, 5.74) is 1.07. The van der Waals surface area contributed by atoms with Gasteiger partial charge in [-0.25, -0.2) is 14.3 Å². The number of rotatable bonds is 3. The van der Waals surface area contributed by atoms with Crippen molar-refractivity contribution in [2.24, 2.45) is 0 Å². The molecule has 6 nitrogen and oxygen atoms in total. The zero-order valence-electron chi connectivity index (χ0n) is 10.3. The summed E-state index contributed by atoms with van der Waals surface area (Å²) in [6.45, 7) is 3.93. The lowest BCUT2D eigenvalue weighted by molar-refractivity contribution is 0.0697. The first-order chi connectivity index (χ1) is 8.41. The molecule has 0 unspecified atom stereocenters. The largest absolute Gasteiger partial charge is 0.478 e. The molecule has 0 saturated carbocycles. The fourth-order valence-electron chi connectivity index (χ4n) is 1.66. The van der Waals surface area contributed by atoms with Crippen molar-refractivity contribution in [2.45, 2.75) is 19.9 Å². The first-order valence-electron chi connectivity index (χ1n) is 5.42. The van der Waals surface area contributed by atoms with E-state index in [1.807, 2.05) is 25.8 Å². The van der Waals surface area contributed by atoms with Crippen LogP contribution in [0.15, 0.2) is 12.4 Å². The van der Waals surface area contributed by atoms with Gasteiger partial charge in [-0.15, -0.1) is 0 Å². The molecule has 0 fully saturated rings. The number of hydrogen-bond acceptors (Lipinski definition) is 4. The van der Waals surface area contributed by atoms with Gasteiger partial charge in [-0.2, -0.15) is 5.10 Å². The number of aromatic nitrogens is 3. The van der Waals surface area contributed by atoms with E-state index in [0.717, 1.165) is 0 Å². The highest BCUT2D eigenvalue weighted by atomic mass is 35.5. The van der Waals surface area contributed by atoms with E-state index in [4.69, 9.17) is 11.6 Å². The van der Waals surface area contributed by atoms with Crippen molar-refractivity contribution in [3.05, 3.63) is 23.1 Å². The molecule has 1 N–H and O–H groups in total. The molecule has 0 aliphatic carbocycles. The van der Waals surface area contributed by atoms with Gasteiger partial charge in [0.2, 0.25) is 0 Å². The molecule has 96 valence electrons. The van der Waals surface area contributed by atoms with Crippen LogP contribution >= 0.6 is 11.6 Å². The predicted octanol–water partition coefficient (Wildman–Crippen LogP) is 1.93. The summed E-state index contributed by atoms with van der Waals surface area (Å²) < 4.78 is 1.48. The van der Waals surface area contributed by atoms with E-state index in [1.54, 1.807) is 6.20 Å². The molecule has 0 bridgehead atoms. The van der Waals surface area contributed by atoms with Crippen molar-refractivity contribution in [1.29, 1.82) is 0 Å². The summed E-state index contributed by atoms with van der Waals surface area (Å²) in [4.78, 5) is 17.2. The Balaban J connectivity index is 2.77. The average Bonchev–Trinajstić information content (AvgIpc) is 2.66. The fourth-order valence-corrected chi connectivity index (χ4v) is 1.83. The second-order valence-corrected chi connectivity index (χ2v) is 4.64. The van der Waals surface area contributed by atoms with Gasteiger partial charge in [0.25, 0.3) is 0 Å². The van der Waals surface area contributed by atoms with Crippen LogP contribution in [0.1, 0.15) is 24.2 Å². The van der Waals surface area contributed by atoms with Crippen LogP contribution in [0.2, 0.25) is 5.15 Å². The van der Waals surface area contributed by atoms with E-state index in [1.165, 1.54) is 10.7 Å². The van der Waals surface area contributed by atoms with Crippen molar-refractivity contribution in [2.75, 3.05) is 11.9 Å². The highest BCUT2D eigenvalue weighted by molar-refractivity contribution is 6.29. The van der Waals surface area contributed by atoms with Gasteiger partial charge >= 0.3 is 5.97 Å².